The zero-order valence-corrected chi connectivity index (χ0v) is 14.5. The van der Waals surface area contributed by atoms with Gasteiger partial charge in [0.25, 0.3) is 0 Å². The van der Waals surface area contributed by atoms with E-state index in [9.17, 15) is 17.2 Å². The van der Waals surface area contributed by atoms with Gasteiger partial charge in [-0.1, -0.05) is 24.3 Å². The molecule has 1 aliphatic heterocycles. The second-order valence-electron chi connectivity index (χ2n) is 6.08. The Labute approximate surface area is 149 Å². The van der Waals surface area contributed by atoms with Crippen molar-refractivity contribution in [2.24, 2.45) is 0 Å². The van der Waals surface area contributed by atoms with E-state index in [1.54, 1.807) is 13.0 Å². The van der Waals surface area contributed by atoms with Crippen LogP contribution in [0.1, 0.15) is 22.7 Å². The summed E-state index contributed by atoms with van der Waals surface area (Å²) in [4.78, 5) is 0. The third-order valence-electron chi connectivity index (χ3n) is 4.34. The number of hydrogen-bond donors (Lipinski definition) is 0. The second kappa shape index (κ2) is 5.91. The van der Waals surface area contributed by atoms with Crippen molar-refractivity contribution in [2.75, 3.05) is 5.75 Å². The number of para-hydroxylation sites is 1. The van der Waals surface area contributed by atoms with Crippen LogP contribution in [-0.2, 0) is 10.1 Å². The second-order valence-corrected chi connectivity index (χ2v) is 7.69. The van der Waals surface area contributed by atoms with Crippen LogP contribution < -0.4 is 4.18 Å². The highest BCUT2D eigenvalue weighted by atomic mass is 32.2. The first-order valence-electron chi connectivity index (χ1n) is 7.88. The van der Waals surface area contributed by atoms with Gasteiger partial charge < -0.3 is 4.18 Å². The first kappa shape index (κ1) is 16.7. The van der Waals surface area contributed by atoms with Gasteiger partial charge in [0.05, 0.1) is 11.4 Å². The summed E-state index contributed by atoms with van der Waals surface area (Å²) >= 11 is 0. The normalized spacial score (nSPS) is 18.2. The summed E-state index contributed by atoms with van der Waals surface area (Å²) in [6.45, 7) is 1.70. The first-order valence-corrected chi connectivity index (χ1v) is 9.45. The van der Waals surface area contributed by atoms with Crippen molar-refractivity contribution >= 4 is 10.1 Å². The molecular formula is C18H14F2N2O3S. The lowest BCUT2D eigenvalue weighted by atomic mass is 9.93. The van der Waals surface area contributed by atoms with Gasteiger partial charge in [-0.2, -0.15) is 18.2 Å². The van der Waals surface area contributed by atoms with Crippen molar-refractivity contribution < 1.29 is 21.4 Å². The fourth-order valence-corrected chi connectivity index (χ4v) is 4.42. The highest BCUT2D eigenvalue weighted by Gasteiger charge is 2.38. The van der Waals surface area contributed by atoms with Crippen molar-refractivity contribution in [1.29, 1.82) is 0 Å². The van der Waals surface area contributed by atoms with Crippen molar-refractivity contribution in [3.05, 3.63) is 77.0 Å². The van der Waals surface area contributed by atoms with Crippen LogP contribution in [0.4, 0.5) is 8.78 Å². The minimum Gasteiger partial charge on any atom is -0.361 e. The van der Waals surface area contributed by atoms with E-state index in [2.05, 4.69) is 5.10 Å². The molecule has 0 saturated heterocycles. The van der Waals surface area contributed by atoms with Crippen LogP contribution in [0.15, 0.2) is 48.5 Å². The van der Waals surface area contributed by atoms with Gasteiger partial charge in [0.1, 0.15) is 17.3 Å². The minimum absolute atomic E-state index is 0.0341. The average molecular weight is 376 g/mol. The molecule has 0 spiro atoms. The molecule has 3 aromatic rings. The number of fused-ring (bicyclic) bond motifs is 1. The smallest absolute Gasteiger partial charge is 0.311 e. The Bertz CT molecular complexity index is 1090. The van der Waals surface area contributed by atoms with Gasteiger partial charge in [-0.15, -0.1) is 0 Å². The summed E-state index contributed by atoms with van der Waals surface area (Å²) in [5, 5.41) is 4.30. The van der Waals surface area contributed by atoms with Crippen molar-refractivity contribution in [2.45, 2.75) is 12.8 Å². The van der Waals surface area contributed by atoms with Crippen LogP contribution in [0.2, 0.25) is 0 Å². The minimum atomic E-state index is -3.91. The zero-order chi connectivity index (χ0) is 18.5. The van der Waals surface area contributed by atoms with E-state index in [0.717, 1.165) is 4.68 Å². The van der Waals surface area contributed by atoms with Gasteiger partial charge in [0.2, 0.25) is 5.88 Å². The molecule has 5 nitrogen and oxygen atoms in total. The fraction of sp³-hybridized carbons (Fsp3) is 0.167. The van der Waals surface area contributed by atoms with Gasteiger partial charge in [-0.25, -0.2) is 8.78 Å². The molecule has 1 aliphatic rings. The number of nitrogens with zero attached hydrogens (tertiary/aromatic N) is 2. The van der Waals surface area contributed by atoms with Crippen molar-refractivity contribution in [3.8, 4) is 11.6 Å². The SMILES string of the molecule is Cc1nn(-c2ccccc2F)c2c1C(c1ccc(F)cc1)CS(=O)(=O)O2. The number of aryl methyl sites for hydroxylation is 1. The van der Waals surface area contributed by atoms with Gasteiger partial charge in [-0.3, -0.25) is 0 Å². The zero-order valence-electron chi connectivity index (χ0n) is 13.7. The summed E-state index contributed by atoms with van der Waals surface area (Å²) in [6, 6.07) is 11.5. The molecule has 0 saturated carbocycles. The molecule has 2 aromatic carbocycles. The maximum atomic E-state index is 14.2. The Kier molecular flexibility index (Phi) is 3.80. The van der Waals surface area contributed by atoms with Crippen molar-refractivity contribution in [1.82, 2.24) is 9.78 Å². The van der Waals surface area contributed by atoms with Gasteiger partial charge >= 0.3 is 10.1 Å². The van der Waals surface area contributed by atoms with Crippen LogP contribution in [0, 0.1) is 18.6 Å². The number of aromatic nitrogens is 2. The van der Waals surface area contributed by atoms with Gasteiger partial charge in [0, 0.05) is 11.5 Å². The first-order chi connectivity index (χ1) is 12.4. The van der Waals surface area contributed by atoms with Gasteiger partial charge in [0.15, 0.2) is 0 Å². The maximum Gasteiger partial charge on any atom is 0.311 e. The van der Waals surface area contributed by atoms with Crippen LogP contribution in [-0.4, -0.2) is 24.0 Å². The predicted molar refractivity (Wildman–Crippen MR) is 90.9 cm³/mol. The standard InChI is InChI=1S/C18H14F2N2O3S/c1-11-17-14(12-6-8-13(19)9-7-12)10-26(23,24)25-18(17)22(21-11)16-5-3-2-4-15(16)20/h2-9,14H,10H2,1H3. The molecule has 0 fully saturated rings. The quantitative estimate of drug-likeness (QED) is 0.644. The molecule has 0 radical (unpaired) electrons. The van der Waals surface area contributed by atoms with E-state index in [4.69, 9.17) is 4.18 Å². The van der Waals surface area contributed by atoms with E-state index in [1.165, 1.54) is 42.5 Å². The molecule has 26 heavy (non-hydrogen) atoms. The number of halogens is 2. The largest absolute Gasteiger partial charge is 0.361 e. The Hall–Kier alpha value is -2.74. The molecule has 0 N–H and O–H groups in total. The fourth-order valence-electron chi connectivity index (χ4n) is 3.19. The van der Waals surface area contributed by atoms with Crippen LogP contribution in [0.25, 0.3) is 5.69 Å². The predicted octanol–water partition coefficient (Wildman–Crippen LogP) is 3.31. The van der Waals surface area contributed by atoms with Gasteiger partial charge in [-0.05, 0) is 36.8 Å². The summed E-state index contributed by atoms with van der Waals surface area (Å²) in [6.07, 6.45) is 0. The van der Waals surface area contributed by atoms with Crippen molar-refractivity contribution in [3.63, 3.8) is 0 Å². The lowest BCUT2D eigenvalue weighted by Crippen LogP contribution is -2.27. The number of benzene rings is 2. The van der Waals surface area contributed by atoms with E-state index in [-0.39, 0.29) is 17.3 Å². The summed E-state index contributed by atoms with van der Waals surface area (Å²) in [5.74, 6) is -1.88. The molecule has 8 heteroatoms. The molecule has 2 heterocycles. The number of hydrogen-bond acceptors (Lipinski definition) is 4. The average Bonchev–Trinajstić information content (AvgIpc) is 2.90. The Morgan fingerprint density at radius 2 is 1.81 bits per heavy atom. The van der Waals surface area contributed by atoms with E-state index in [1.807, 2.05) is 0 Å². The van der Waals surface area contributed by atoms with Crippen LogP contribution >= 0.6 is 0 Å². The van der Waals surface area contributed by atoms with E-state index < -0.39 is 27.7 Å². The molecule has 1 unspecified atom stereocenters. The summed E-state index contributed by atoms with van der Waals surface area (Å²) < 4.78 is 58.4. The number of rotatable bonds is 2. The van der Waals surface area contributed by atoms with Crippen LogP contribution in [0.3, 0.4) is 0 Å². The van der Waals surface area contributed by atoms with Crippen LogP contribution in [0.5, 0.6) is 5.88 Å². The molecule has 1 aromatic heterocycles. The molecule has 134 valence electrons. The maximum absolute atomic E-state index is 14.2. The highest BCUT2D eigenvalue weighted by Crippen LogP contribution is 2.41. The van der Waals surface area contributed by atoms with E-state index >= 15 is 0 Å². The molecule has 0 aliphatic carbocycles. The topological polar surface area (TPSA) is 61.2 Å². The third-order valence-corrected chi connectivity index (χ3v) is 5.49. The van der Waals surface area contributed by atoms with E-state index in [0.29, 0.717) is 16.8 Å². The Morgan fingerprint density at radius 3 is 2.50 bits per heavy atom. The Morgan fingerprint density at radius 1 is 1.12 bits per heavy atom. The molecule has 1 atom stereocenters. The molecule has 0 amide bonds. The molecular weight excluding hydrogens is 362 g/mol. The molecule has 4 rings (SSSR count). The highest BCUT2D eigenvalue weighted by molar-refractivity contribution is 7.87. The lowest BCUT2D eigenvalue weighted by molar-refractivity contribution is 0.444. The third kappa shape index (κ3) is 2.76. The monoisotopic (exact) mass is 376 g/mol. The summed E-state index contributed by atoms with van der Waals surface area (Å²) in [5.41, 5.74) is 1.78. The molecule has 0 bridgehead atoms. The lowest BCUT2D eigenvalue weighted by Gasteiger charge is -2.24. The Balaban J connectivity index is 1.94. The summed E-state index contributed by atoms with van der Waals surface area (Å²) in [7, 11) is -3.91.